The molecule has 0 spiro atoms. The number of aromatic nitrogens is 2. The van der Waals surface area contributed by atoms with Crippen LogP contribution in [-0.4, -0.2) is 83.8 Å². The van der Waals surface area contributed by atoms with E-state index in [2.05, 4.69) is 89.9 Å². The maximum Gasteiger partial charge on any atom is 0.307 e. The number of pyridine rings is 2. The van der Waals surface area contributed by atoms with Crippen LogP contribution < -0.4 is 24.3 Å². The molecule has 6 rings (SSSR count). The number of nitrogens with one attached hydrogen (secondary N) is 1. The average Bonchev–Trinajstić information content (AvgIpc) is 3.36. The number of carbonyl (C=O) groups is 1. The van der Waals surface area contributed by atoms with E-state index in [-0.39, 0.29) is 45.3 Å². The molecule has 0 aliphatic carbocycles. The summed E-state index contributed by atoms with van der Waals surface area (Å²) in [6, 6.07) is 23.8. The summed E-state index contributed by atoms with van der Waals surface area (Å²) in [6.07, 6.45) is 10.7. The van der Waals surface area contributed by atoms with Gasteiger partial charge in [0.1, 0.15) is 49.4 Å². The van der Waals surface area contributed by atoms with Gasteiger partial charge in [-0.05, 0) is 96.3 Å². The Morgan fingerprint density at radius 2 is 1.16 bits per heavy atom. The molecule has 2 aromatic heterocycles. The van der Waals surface area contributed by atoms with Crippen LogP contribution in [0.5, 0.6) is 23.0 Å². The first kappa shape index (κ1) is 56.9. The van der Waals surface area contributed by atoms with Crippen LogP contribution in [0.2, 0.25) is 10.0 Å². The van der Waals surface area contributed by atoms with Crippen molar-refractivity contribution in [3.8, 4) is 34.1 Å². The predicted octanol–water partition coefficient (Wildman–Crippen LogP) is 11.8. The Morgan fingerprint density at radius 1 is 0.662 bits per heavy atom. The highest BCUT2D eigenvalue weighted by molar-refractivity contribution is 6.32. The van der Waals surface area contributed by atoms with Gasteiger partial charge in [0.2, 0.25) is 0 Å². The maximum absolute atomic E-state index is 12.2. The third kappa shape index (κ3) is 16.6. The minimum absolute atomic E-state index is 0.149. The van der Waals surface area contributed by atoms with Gasteiger partial charge in [-0.15, -0.1) is 0 Å². The standard InChI is InChI=1S/C59H70Cl2N6O7/c1-38(2)23-64-30-49-19-53(60)57(21-55(49)71-34-44-17-42(24-62-7)26-65-28-44)73-36-47-11-9-13-51(40(47)5)52-14-10-12-48(41(52)6)37-74-58-22-56(72-35-45-18-43(25-63-8)27-66-29-45)50(20-54(58)61)33-67(31-39(3)4)32-46(15-16-68)59(69)70/h9-14,17-22,24-29,38-39,46,64,68H,15-16,23,30-37H2,1-8H3,(H,69,70). The smallest absolute Gasteiger partial charge is 0.307 e. The Kier molecular flexibility index (Phi) is 21.8. The topological polar surface area (TPSA) is 160 Å². The van der Waals surface area contributed by atoms with Crippen molar-refractivity contribution in [2.75, 3.05) is 40.3 Å². The molecule has 2 heterocycles. The molecule has 6 aromatic rings. The Labute approximate surface area is 446 Å². The van der Waals surface area contributed by atoms with E-state index in [1.807, 2.05) is 54.6 Å². The number of hydrogen-bond acceptors (Lipinski definition) is 12. The number of ether oxygens (including phenoxy) is 4. The fourth-order valence-corrected chi connectivity index (χ4v) is 9.11. The number of hydrogen-bond donors (Lipinski definition) is 3. The zero-order valence-electron chi connectivity index (χ0n) is 43.8. The highest BCUT2D eigenvalue weighted by Gasteiger charge is 2.24. The van der Waals surface area contributed by atoms with Crippen molar-refractivity contribution in [3.63, 3.8) is 0 Å². The van der Waals surface area contributed by atoms with Crippen LogP contribution in [0.3, 0.4) is 0 Å². The minimum atomic E-state index is -0.950. The number of rotatable bonds is 28. The lowest BCUT2D eigenvalue weighted by Crippen LogP contribution is -2.35. The van der Waals surface area contributed by atoms with Crippen molar-refractivity contribution in [1.82, 2.24) is 20.2 Å². The van der Waals surface area contributed by atoms with Gasteiger partial charge in [0, 0.05) is 130 Å². The van der Waals surface area contributed by atoms with Crippen molar-refractivity contribution >= 4 is 41.6 Å². The molecule has 13 nitrogen and oxygen atoms in total. The first-order valence-electron chi connectivity index (χ1n) is 25.0. The third-order valence-corrected chi connectivity index (χ3v) is 12.9. The Morgan fingerprint density at radius 3 is 1.64 bits per heavy atom. The predicted molar refractivity (Wildman–Crippen MR) is 297 cm³/mol. The summed E-state index contributed by atoms with van der Waals surface area (Å²) in [5.41, 5.74) is 11.4. The van der Waals surface area contributed by atoms with Crippen LogP contribution in [0.15, 0.2) is 108 Å². The number of aliphatic hydroxyl groups is 1. The molecule has 392 valence electrons. The summed E-state index contributed by atoms with van der Waals surface area (Å²) < 4.78 is 26.0. The highest BCUT2D eigenvalue weighted by atomic mass is 35.5. The summed E-state index contributed by atoms with van der Waals surface area (Å²) >= 11 is 14.0. The molecule has 0 aliphatic rings. The SMILES string of the molecule is CN=Cc1cncc(COc2cc(OCc3cccc(-c4cccc(COc5cc(OCc6cncc(C=NC)c6)c(CN(CC(C)C)CC(CCO)C(=O)O)cc5Cl)c4C)c3C)c(Cl)cc2CNCC(C)C)c1. The molecular formula is C59H70Cl2N6O7. The normalized spacial score (nSPS) is 12.1. The van der Waals surface area contributed by atoms with Gasteiger partial charge in [0.25, 0.3) is 0 Å². The molecule has 74 heavy (non-hydrogen) atoms. The molecule has 1 atom stereocenters. The van der Waals surface area contributed by atoms with Crippen molar-refractivity contribution < 1.29 is 34.0 Å². The van der Waals surface area contributed by atoms with Crippen LogP contribution in [0, 0.1) is 31.6 Å². The molecule has 0 bridgehead atoms. The number of halogens is 2. The van der Waals surface area contributed by atoms with Gasteiger partial charge in [0.15, 0.2) is 0 Å². The second kappa shape index (κ2) is 28.4. The fraction of sp³-hybridized carbons (Fsp3) is 0.373. The van der Waals surface area contributed by atoms with Crippen LogP contribution in [0.25, 0.3) is 11.1 Å². The van der Waals surface area contributed by atoms with E-state index >= 15 is 0 Å². The molecular weight excluding hydrogens is 976 g/mol. The van der Waals surface area contributed by atoms with Crippen molar-refractivity contribution in [1.29, 1.82) is 0 Å². The van der Waals surface area contributed by atoms with E-state index in [0.29, 0.717) is 65.2 Å². The summed E-state index contributed by atoms with van der Waals surface area (Å²) in [6.45, 7) is 16.2. The highest BCUT2D eigenvalue weighted by Crippen LogP contribution is 2.38. The number of carboxylic acid groups (broad SMARTS) is 1. The lowest BCUT2D eigenvalue weighted by atomic mass is 9.92. The van der Waals surface area contributed by atoms with Crippen molar-refractivity contribution in [2.24, 2.45) is 27.7 Å². The van der Waals surface area contributed by atoms with Crippen LogP contribution in [-0.2, 0) is 44.3 Å². The molecule has 4 aromatic carbocycles. The van der Waals surface area contributed by atoms with Gasteiger partial charge < -0.3 is 34.5 Å². The molecule has 0 saturated carbocycles. The van der Waals surface area contributed by atoms with Crippen LogP contribution in [0.1, 0.15) is 89.8 Å². The molecule has 0 radical (unpaired) electrons. The molecule has 1 unspecified atom stereocenters. The molecule has 15 heteroatoms. The van der Waals surface area contributed by atoms with E-state index in [1.54, 1.807) is 51.3 Å². The first-order valence-corrected chi connectivity index (χ1v) is 25.7. The molecule has 0 fully saturated rings. The van der Waals surface area contributed by atoms with Crippen molar-refractivity contribution in [2.45, 2.75) is 87.5 Å². The van der Waals surface area contributed by atoms with Crippen molar-refractivity contribution in [3.05, 3.63) is 163 Å². The first-order chi connectivity index (χ1) is 35.6. The third-order valence-electron chi connectivity index (χ3n) is 12.3. The molecule has 0 amide bonds. The Balaban J connectivity index is 1.22. The number of aliphatic hydroxyl groups excluding tert-OH is 1. The molecule has 0 aliphatic heterocycles. The Bertz CT molecular complexity index is 2870. The van der Waals surface area contributed by atoms with E-state index in [0.717, 1.165) is 73.3 Å². The second-order valence-electron chi connectivity index (χ2n) is 19.3. The molecule has 0 saturated heterocycles. The minimum Gasteiger partial charge on any atom is -0.488 e. The Hall–Kier alpha value is -6.35. The zero-order valence-corrected chi connectivity index (χ0v) is 45.3. The van der Waals surface area contributed by atoms with Gasteiger partial charge in [-0.3, -0.25) is 29.6 Å². The fourth-order valence-electron chi connectivity index (χ4n) is 8.63. The summed E-state index contributed by atoms with van der Waals surface area (Å²) in [5, 5.41) is 24.0. The largest absolute Gasteiger partial charge is 0.488 e. The van der Waals surface area contributed by atoms with E-state index in [4.69, 9.17) is 42.1 Å². The second-order valence-corrected chi connectivity index (χ2v) is 20.1. The van der Waals surface area contributed by atoms with Gasteiger partial charge in [-0.2, -0.15) is 0 Å². The van der Waals surface area contributed by atoms with E-state index in [1.165, 1.54) is 0 Å². The number of aliphatic imine (C=N–C) groups is 2. The number of aliphatic carboxylic acids is 1. The van der Waals surface area contributed by atoms with Gasteiger partial charge >= 0.3 is 5.97 Å². The number of carboxylic acids is 1. The average molecular weight is 1050 g/mol. The molecule has 3 N–H and O–H groups in total. The van der Waals surface area contributed by atoms with Gasteiger partial charge in [0.05, 0.1) is 16.0 Å². The quantitative estimate of drug-likeness (QED) is 0.0401. The monoisotopic (exact) mass is 1040 g/mol. The van der Waals surface area contributed by atoms with E-state index in [9.17, 15) is 15.0 Å². The van der Waals surface area contributed by atoms with Gasteiger partial charge in [-0.1, -0.05) is 87.3 Å². The lowest BCUT2D eigenvalue weighted by Gasteiger charge is -2.28. The van der Waals surface area contributed by atoms with Crippen LogP contribution >= 0.6 is 23.2 Å². The summed E-state index contributed by atoms with van der Waals surface area (Å²) in [7, 11) is 3.44. The maximum atomic E-state index is 12.2. The number of nitrogens with zero attached hydrogens (tertiary/aromatic N) is 5. The number of benzene rings is 4. The van der Waals surface area contributed by atoms with E-state index < -0.39 is 11.9 Å². The van der Waals surface area contributed by atoms with Gasteiger partial charge in [-0.25, -0.2) is 0 Å². The summed E-state index contributed by atoms with van der Waals surface area (Å²) in [5.74, 6) is 1.21. The van der Waals surface area contributed by atoms with Crippen LogP contribution in [0.4, 0.5) is 0 Å². The summed E-state index contributed by atoms with van der Waals surface area (Å²) in [4.78, 5) is 31.2. The lowest BCUT2D eigenvalue weighted by molar-refractivity contribution is -0.143. The zero-order chi connectivity index (χ0) is 53.1.